The van der Waals surface area contributed by atoms with Gasteiger partial charge in [-0.3, -0.25) is 24.1 Å². The van der Waals surface area contributed by atoms with Crippen molar-refractivity contribution in [3.63, 3.8) is 0 Å². The van der Waals surface area contributed by atoms with Crippen molar-refractivity contribution < 1.29 is 24.2 Å². The predicted octanol–water partition coefficient (Wildman–Crippen LogP) is 2.00. The number of ether oxygens (including phenoxy) is 1. The molecule has 2 amide bonds. The highest BCUT2D eigenvalue weighted by molar-refractivity contribution is 5.97. The maximum Gasteiger partial charge on any atom is 0.298 e. The van der Waals surface area contributed by atoms with Gasteiger partial charge in [0, 0.05) is 64.9 Å². The molecule has 0 saturated carbocycles. The molecule has 14 heteroatoms. The molecule has 3 aromatic heterocycles. The van der Waals surface area contributed by atoms with Gasteiger partial charge in [0.2, 0.25) is 17.1 Å². The largest absolute Gasteiger partial charge is 0.491 e. The van der Waals surface area contributed by atoms with Gasteiger partial charge in [-0.25, -0.2) is 0 Å². The number of rotatable bonds is 12. The molecule has 5 rings (SSSR count). The van der Waals surface area contributed by atoms with Gasteiger partial charge in [0.25, 0.3) is 5.91 Å². The molecule has 0 aliphatic rings. The Bertz CT molecular complexity index is 2170. The van der Waals surface area contributed by atoms with Gasteiger partial charge in [-0.05, 0) is 50.2 Å². The van der Waals surface area contributed by atoms with E-state index in [0.717, 1.165) is 28.5 Å². The predicted molar refractivity (Wildman–Crippen MR) is 176 cm³/mol. The number of nitrogens with two attached hydrogens (primary N) is 1. The lowest BCUT2D eigenvalue weighted by molar-refractivity contribution is 0.0981. The van der Waals surface area contributed by atoms with Crippen LogP contribution in [0.4, 0.5) is 0 Å². The number of fused-ring (bicyclic) bond motifs is 2. The van der Waals surface area contributed by atoms with Gasteiger partial charge in [-0.15, -0.1) is 0 Å². The number of amides is 2. The maximum atomic E-state index is 13.4. The highest BCUT2D eigenvalue weighted by atomic mass is 16.5. The first-order valence-corrected chi connectivity index (χ1v) is 15.3. The Morgan fingerprint density at radius 2 is 1.72 bits per heavy atom. The molecule has 0 fully saturated rings. The number of primary amides is 1. The first-order valence-electron chi connectivity index (χ1n) is 15.3. The van der Waals surface area contributed by atoms with Crippen molar-refractivity contribution in [2.45, 2.75) is 39.9 Å². The minimum atomic E-state index is -0.555. The highest BCUT2D eigenvalue weighted by Gasteiger charge is 2.18. The fourth-order valence-corrected chi connectivity index (χ4v) is 5.75. The standard InChI is InChI=1S/C33H39N9O5/c1-6-42-27(16-21(2)37-42)31(46)36-33-38(4)25-19-23(30(34)45)10-11-24(25)40(33)12-7-8-13-41-29-26(39(5)32(41)35-3)17-22(20-44)18-28(29)47-15-9-14-43/h7-8,10-11,16-20,43H,6,9,12-15H2,1-5H3,(H2,34,45)/b8-7+,35-32?,36-33?. The van der Waals surface area contributed by atoms with Gasteiger partial charge >= 0.3 is 0 Å². The average Bonchev–Trinajstić information content (AvgIpc) is 3.67. The van der Waals surface area contributed by atoms with Crippen LogP contribution in [0, 0.1) is 6.92 Å². The summed E-state index contributed by atoms with van der Waals surface area (Å²) in [6, 6.07) is 10.3. The highest BCUT2D eigenvalue weighted by Crippen LogP contribution is 2.27. The Kier molecular flexibility index (Phi) is 9.70. The number of aryl methyl sites for hydroxylation is 4. The van der Waals surface area contributed by atoms with Crippen molar-refractivity contribution in [1.29, 1.82) is 0 Å². The molecule has 2 aromatic carbocycles. The molecule has 5 aromatic rings. The number of carbonyl (C=O) groups excluding carboxylic acids is 3. The van der Waals surface area contributed by atoms with Crippen LogP contribution in [0.2, 0.25) is 0 Å². The molecule has 14 nitrogen and oxygen atoms in total. The zero-order valence-corrected chi connectivity index (χ0v) is 27.2. The number of aliphatic hydroxyl groups excluding tert-OH is 1. The van der Waals surface area contributed by atoms with E-state index in [1.807, 2.05) is 46.7 Å². The summed E-state index contributed by atoms with van der Waals surface area (Å²) in [4.78, 5) is 46.1. The SMILES string of the molecule is CCn1nc(C)cc1C(=O)N=c1n(C)c2cc(C(N)=O)ccc2n1C/C=C/Cn1c(=NC)n(C)c2cc(C=O)cc(OCCCO)c21. The number of nitrogens with zero attached hydrogens (tertiary/aromatic N) is 8. The van der Waals surface area contributed by atoms with E-state index in [-0.39, 0.29) is 13.2 Å². The quantitative estimate of drug-likeness (QED) is 0.120. The van der Waals surface area contributed by atoms with Gasteiger partial charge in [-0.2, -0.15) is 10.1 Å². The average molecular weight is 642 g/mol. The van der Waals surface area contributed by atoms with E-state index in [9.17, 15) is 19.5 Å². The molecule has 47 heavy (non-hydrogen) atoms. The van der Waals surface area contributed by atoms with E-state index in [2.05, 4.69) is 15.1 Å². The van der Waals surface area contributed by atoms with Gasteiger partial charge < -0.3 is 33.8 Å². The number of benzene rings is 2. The Morgan fingerprint density at radius 3 is 2.38 bits per heavy atom. The molecular formula is C33H39N9O5. The van der Waals surface area contributed by atoms with E-state index in [1.54, 1.807) is 59.7 Å². The molecule has 0 aliphatic heterocycles. The molecule has 0 spiro atoms. The van der Waals surface area contributed by atoms with Crippen molar-refractivity contribution in [2.75, 3.05) is 20.3 Å². The summed E-state index contributed by atoms with van der Waals surface area (Å²) in [5.74, 6) is -0.470. The first-order chi connectivity index (χ1) is 22.6. The third-order valence-corrected chi connectivity index (χ3v) is 7.96. The zero-order valence-electron chi connectivity index (χ0n) is 27.2. The third kappa shape index (κ3) is 6.31. The minimum Gasteiger partial charge on any atom is -0.491 e. The van der Waals surface area contributed by atoms with E-state index in [4.69, 9.17) is 10.5 Å². The van der Waals surface area contributed by atoms with Crippen LogP contribution in [0.15, 0.2) is 58.5 Å². The van der Waals surface area contributed by atoms with Crippen LogP contribution in [-0.4, -0.2) is 71.5 Å². The van der Waals surface area contributed by atoms with Crippen molar-refractivity contribution in [2.24, 2.45) is 29.8 Å². The Morgan fingerprint density at radius 1 is 1.00 bits per heavy atom. The van der Waals surface area contributed by atoms with E-state index in [0.29, 0.717) is 65.4 Å². The lowest BCUT2D eigenvalue weighted by atomic mass is 10.2. The van der Waals surface area contributed by atoms with Crippen molar-refractivity contribution in [3.05, 3.63) is 82.3 Å². The van der Waals surface area contributed by atoms with Crippen molar-refractivity contribution in [3.8, 4) is 5.75 Å². The fraction of sp³-hybridized carbons (Fsp3) is 0.333. The summed E-state index contributed by atoms with van der Waals surface area (Å²) in [5.41, 5.74) is 11.5. The molecular weight excluding hydrogens is 602 g/mol. The van der Waals surface area contributed by atoms with E-state index >= 15 is 0 Å². The van der Waals surface area contributed by atoms with Gasteiger partial charge in [0.15, 0.2) is 0 Å². The molecule has 0 unspecified atom stereocenters. The van der Waals surface area contributed by atoms with E-state index < -0.39 is 11.8 Å². The van der Waals surface area contributed by atoms with Crippen molar-refractivity contribution in [1.82, 2.24) is 28.0 Å². The second kappa shape index (κ2) is 13.9. The summed E-state index contributed by atoms with van der Waals surface area (Å²) in [7, 11) is 5.36. The number of imidazole rings is 2. The number of hydrogen-bond donors (Lipinski definition) is 2. The third-order valence-electron chi connectivity index (χ3n) is 7.96. The van der Waals surface area contributed by atoms with Crippen LogP contribution in [0.25, 0.3) is 22.1 Å². The van der Waals surface area contributed by atoms with Gasteiger partial charge in [0.1, 0.15) is 23.2 Å². The topological polar surface area (TPSA) is 169 Å². The van der Waals surface area contributed by atoms with Crippen LogP contribution in [0.1, 0.15) is 50.2 Å². The number of allylic oxidation sites excluding steroid dienone is 2. The summed E-state index contributed by atoms with van der Waals surface area (Å²) in [6.07, 6.45) is 5.16. The number of aldehydes is 1. The van der Waals surface area contributed by atoms with Crippen LogP contribution < -0.4 is 21.7 Å². The molecule has 3 heterocycles. The number of aliphatic hydroxyl groups is 1. The lowest BCUT2D eigenvalue weighted by Crippen LogP contribution is -2.26. The van der Waals surface area contributed by atoms with Crippen LogP contribution in [0.3, 0.4) is 0 Å². The normalized spacial score (nSPS) is 12.6. The molecule has 3 N–H and O–H groups in total. The van der Waals surface area contributed by atoms with Gasteiger partial charge in [0.05, 0.1) is 28.9 Å². The summed E-state index contributed by atoms with van der Waals surface area (Å²) < 4.78 is 15.2. The van der Waals surface area contributed by atoms with Gasteiger partial charge in [-0.1, -0.05) is 12.2 Å². The summed E-state index contributed by atoms with van der Waals surface area (Å²) in [5, 5.41) is 13.7. The Hall–Kier alpha value is -5.50. The number of aromatic nitrogens is 6. The number of hydrogen-bond acceptors (Lipinski definition) is 7. The fourth-order valence-electron chi connectivity index (χ4n) is 5.75. The Balaban J connectivity index is 1.57. The number of carbonyl (C=O) groups is 3. The molecule has 246 valence electrons. The smallest absolute Gasteiger partial charge is 0.298 e. The first kappa shape index (κ1) is 32.9. The Labute approximate surface area is 270 Å². The molecule has 0 bridgehead atoms. The van der Waals surface area contributed by atoms with Crippen molar-refractivity contribution >= 4 is 40.2 Å². The molecule has 0 atom stereocenters. The lowest BCUT2D eigenvalue weighted by Gasteiger charge is -2.10. The second-order valence-corrected chi connectivity index (χ2v) is 11.0. The molecule has 0 saturated heterocycles. The minimum absolute atomic E-state index is 0.0129. The van der Waals surface area contributed by atoms with Crippen LogP contribution in [-0.2, 0) is 33.7 Å². The van der Waals surface area contributed by atoms with Crippen LogP contribution in [0.5, 0.6) is 5.75 Å². The molecule has 0 aliphatic carbocycles. The molecule has 0 radical (unpaired) electrons. The van der Waals surface area contributed by atoms with E-state index in [1.165, 1.54) is 0 Å². The second-order valence-electron chi connectivity index (χ2n) is 11.0. The zero-order chi connectivity index (χ0) is 33.8. The van der Waals surface area contributed by atoms with Crippen LogP contribution >= 0.6 is 0 Å². The maximum absolute atomic E-state index is 13.4. The summed E-state index contributed by atoms with van der Waals surface area (Å²) in [6.45, 7) is 5.30. The monoisotopic (exact) mass is 641 g/mol. The summed E-state index contributed by atoms with van der Waals surface area (Å²) >= 11 is 0.